The van der Waals surface area contributed by atoms with E-state index in [1.54, 1.807) is 0 Å². The highest BCUT2D eigenvalue weighted by Gasteiger charge is 2.35. The summed E-state index contributed by atoms with van der Waals surface area (Å²) in [6.07, 6.45) is 3.70. The Kier molecular flexibility index (Phi) is 4.36. The van der Waals surface area contributed by atoms with Crippen LogP contribution in [0, 0.1) is 11.8 Å². The van der Waals surface area contributed by atoms with E-state index in [0.717, 1.165) is 12.3 Å². The molecule has 1 saturated carbocycles. The lowest BCUT2D eigenvalue weighted by Gasteiger charge is -2.38. The van der Waals surface area contributed by atoms with Crippen molar-refractivity contribution >= 4 is 5.97 Å². The Morgan fingerprint density at radius 2 is 1.94 bits per heavy atom. The fraction of sp³-hybridized carbons (Fsp3) is 0.923. The maximum atomic E-state index is 11.6. The molecule has 16 heavy (non-hydrogen) atoms. The first kappa shape index (κ1) is 13.5. The van der Waals surface area contributed by atoms with Gasteiger partial charge in [-0.05, 0) is 38.5 Å². The van der Waals surface area contributed by atoms with E-state index >= 15 is 0 Å². The Labute approximate surface area is 98.9 Å². The van der Waals surface area contributed by atoms with Gasteiger partial charge in [0.15, 0.2) is 0 Å². The maximum Gasteiger partial charge on any atom is 0.325 e. The van der Waals surface area contributed by atoms with E-state index in [2.05, 4.69) is 19.2 Å². The van der Waals surface area contributed by atoms with Gasteiger partial charge in [-0.1, -0.05) is 20.3 Å². The van der Waals surface area contributed by atoms with Crippen LogP contribution in [-0.4, -0.2) is 24.7 Å². The van der Waals surface area contributed by atoms with Crippen molar-refractivity contribution in [2.75, 3.05) is 7.11 Å². The monoisotopic (exact) mass is 227 g/mol. The highest BCUT2D eigenvalue weighted by atomic mass is 16.5. The number of nitrogens with one attached hydrogen (secondary N) is 1. The first-order valence-corrected chi connectivity index (χ1v) is 6.23. The van der Waals surface area contributed by atoms with Crippen molar-refractivity contribution in [3.8, 4) is 0 Å². The summed E-state index contributed by atoms with van der Waals surface area (Å²) in [7, 11) is 1.44. The van der Waals surface area contributed by atoms with Crippen molar-refractivity contribution in [3.63, 3.8) is 0 Å². The summed E-state index contributed by atoms with van der Waals surface area (Å²) in [5.41, 5.74) is -0.579. The minimum atomic E-state index is -0.579. The van der Waals surface area contributed by atoms with Crippen molar-refractivity contribution in [1.82, 2.24) is 5.32 Å². The number of rotatable bonds is 3. The number of hydrogen-bond donors (Lipinski definition) is 1. The molecule has 94 valence electrons. The van der Waals surface area contributed by atoms with Crippen LogP contribution in [0.25, 0.3) is 0 Å². The first-order valence-electron chi connectivity index (χ1n) is 6.23. The van der Waals surface area contributed by atoms with Gasteiger partial charge in [0.05, 0.1) is 7.11 Å². The molecule has 3 heteroatoms. The second kappa shape index (κ2) is 5.17. The molecule has 0 aromatic heterocycles. The van der Waals surface area contributed by atoms with E-state index < -0.39 is 5.54 Å². The maximum absolute atomic E-state index is 11.6. The number of hydrogen-bond acceptors (Lipinski definition) is 3. The van der Waals surface area contributed by atoms with Crippen LogP contribution in [0.2, 0.25) is 0 Å². The van der Waals surface area contributed by atoms with Crippen LogP contribution in [0.5, 0.6) is 0 Å². The normalized spacial score (nSPS) is 31.2. The zero-order valence-corrected chi connectivity index (χ0v) is 11.2. The number of carbonyl (C=O) groups excluding carboxylic acids is 1. The third-order valence-corrected chi connectivity index (χ3v) is 3.70. The van der Waals surface area contributed by atoms with Crippen LogP contribution in [0.15, 0.2) is 0 Å². The highest BCUT2D eigenvalue weighted by molar-refractivity contribution is 5.79. The lowest BCUT2D eigenvalue weighted by Crippen LogP contribution is -2.55. The summed E-state index contributed by atoms with van der Waals surface area (Å²) < 4.78 is 4.82. The molecule has 0 bridgehead atoms. The van der Waals surface area contributed by atoms with E-state index in [4.69, 9.17) is 4.74 Å². The zero-order valence-electron chi connectivity index (χ0n) is 11.2. The minimum absolute atomic E-state index is 0.182. The summed E-state index contributed by atoms with van der Waals surface area (Å²) >= 11 is 0. The van der Waals surface area contributed by atoms with Gasteiger partial charge in [-0.25, -0.2) is 0 Å². The molecule has 0 amide bonds. The predicted octanol–water partition coefficient (Wildman–Crippen LogP) is 2.35. The van der Waals surface area contributed by atoms with E-state index in [9.17, 15) is 4.79 Å². The van der Waals surface area contributed by atoms with Crippen LogP contribution < -0.4 is 5.32 Å². The molecule has 0 aromatic rings. The topological polar surface area (TPSA) is 38.3 Å². The Balaban J connectivity index is 2.60. The van der Waals surface area contributed by atoms with Gasteiger partial charge in [-0.3, -0.25) is 10.1 Å². The van der Waals surface area contributed by atoms with Crippen LogP contribution in [0.3, 0.4) is 0 Å². The zero-order chi connectivity index (χ0) is 12.3. The Morgan fingerprint density at radius 1 is 1.31 bits per heavy atom. The van der Waals surface area contributed by atoms with Crippen LogP contribution in [0.4, 0.5) is 0 Å². The molecule has 0 radical (unpaired) electrons. The van der Waals surface area contributed by atoms with E-state index in [-0.39, 0.29) is 5.97 Å². The quantitative estimate of drug-likeness (QED) is 0.752. The molecule has 0 aliphatic heterocycles. The van der Waals surface area contributed by atoms with Gasteiger partial charge in [0, 0.05) is 6.04 Å². The average molecular weight is 227 g/mol. The molecule has 0 heterocycles. The summed E-state index contributed by atoms with van der Waals surface area (Å²) in [6, 6.07) is 0.429. The first-order chi connectivity index (χ1) is 7.36. The SMILES string of the molecule is COC(=O)C(C)(C)NC1CC(C)CCC1C. The Bertz CT molecular complexity index is 250. The fourth-order valence-corrected chi connectivity index (χ4v) is 2.51. The third-order valence-electron chi connectivity index (χ3n) is 3.70. The molecule has 0 aromatic carbocycles. The largest absolute Gasteiger partial charge is 0.468 e. The Hall–Kier alpha value is -0.570. The second-order valence-corrected chi connectivity index (χ2v) is 5.76. The van der Waals surface area contributed by atoms with Gasteiger partial charge in [-0.15, -0.1) is 0 Å². The van der Waals surface area contributed by atoms with Crippen molar-refractivity contribution < 1.29 is 9.53 Å². The lowest BCUT2D eigenvalue weighted by atomic mass is 9.79. The molecule has 1 aliphatic carbocycles. The summed E-state index contributed by atoms with van der Waals surface area (Å²) in [6.45, 7) is 8.33. The smallest absolute Gasteiger partial charge is 0.325 e. The molecular weight excluding hydrogens is 202 g/mol. The second-order valence-electron chi connectivity index (χ2n) is 5.76. The van der Waals surface area contributed by atoms with Crippen LogP contribution >= 0.6 is 0 Å². The van der Waals surface area contributed by atoms with Gasteiger partial charge in [0.2, 0.25) is 0 Å². The summed E-state index contributed by atoms with van der Waals surface area (Å²) in [5, 5.41) is 3.45. The summed E-state index contributed by atoms with van der Waals surface area (Å²) in [4.78, 5) is 11.6. The van der Waals surface area contributed by atoms with Crippen molar-refractivity contribution in [2.24, 2.45) is 11.8 Å². The van der Waals surface area contributed by atoms with Crippen molar-refractivity contribution in [2.45, 2.75) is 58.5 Å². The molecule has 3 nitrogen and oxygen atoms in total. The molecule has 1 N–H and O–H groups in total. The Morgan fingerprint density at radius 3 is 2.50 bits per heavy atom. The van der Waals surface area contributed by atoms with Crippen LogP contribution in [0.1, 0.15) is 47.0 Å². The van der Waals surface area contributed by atoms with Crippen molar-refractivity contribution in [1.29, 1.82) is 0 Å². The number of ether oxygens (including phenoxy) is 1. The number of carbonyl (C=O) groups is 1. The standard InChI is InChI=1S/C13H25NO2/c1-9-6-7-10(2)11(8-9)14-13(3,4)12(15)16-5/h9-11,14H,6-8H2,1-5H3. The average Bonchev–Trinajstić information content (AvgIpc) is 2.22. The summed E-state index contributed by atoms with van der Waals surface area (Å²) in [5.74, 6) is 1.21. The molecule has 3 unspecified atom stereocenters. The molecule has 1 fully saturated rings. The predicted molar refractivity (Wildman–Crippen MR) is 65.2 cm³/mol. The lowest BCUT2D eigenvalue weighted by molar-refractivity contribution is -0.147. The molecule has 0 saturated heterocycles. The number of methoxy groups -OCH3 is 1. The van der Waals surface area contributed by atoms with E-state index in [0.29, 0.717) is 12.0 Å². The van der Waals surface area contributed by atoms with Gasteiger partial charge in [0.1, 0.15) is 5.54 Å². The van der Waals surface area contributed by atoms with Gasteiger partial charge in [-0.2, -0.15) is 0 Å². The fourth-order valence-electron chi connectivity index (χ4n) is 2.51. The van der Waals surface area contributed by atoms with E-state index in [1.807, 2.05) is 13.8 Å². The van der Waals surface area contributed by atoms with Gasteiger partial charge in [0.25, 0.3) is 0 Å². The minimum Gasteiger partial charge on any atom is -0.468 e. The third kappa shape index (κ3) is 3.21. The van der Waals surface area contributed by atoms with Crippen LogP contribution in [-0.2, 0) is 9.53 Å². The van der Waals surface area contributed by atoms with E-state index in [1.165, 1.54) is 20.0 Å². The molecule has 3 atom stereocenters. The molecule has 0 spiro atoms. The van der Waals surface area contributed by atoms with Gasteiger partial charge >= 0.3 is 5.97 Å². The van der Waals surface area contributed by atoms with Gasteiger partial charge < -0.3 is 4.74 Å². The van der Waals surface area contributed by atoms with Crippen molar-refractivity contribution in [3.05, 3.63) is 0 Å². The highest BCUT2D eigenvalue weighted by Crippen LogP contribution is 2.29. The molecule has 1 rings (SSSR count). The molecular formula is C13H25NO2. The number of esters is 1. The molecule has 1 aliphatic rings.